The van der Waals surface area contributed by atoms with Gasteiger partial charge in [-0.3, -0.25) is 4.79 Å². The van der Waals surface area contributed by atoms with Crippen molar-refractivity contribution in [2.24, 2.45) is 0 Å². The van der Waals surface area contributed by atoms with Gasteiger partial charge in [-0.05, 0) is 39.3 Å². The molecule has 0 heterocycles. The van der Waals surface area contributed by atoms with Crippen molar-refractivity contribution >= 4 is 5.97 Å². The average molecular weight is 242 g/mol. The van der Waals surface area contributed by atoms with E-state index in [0.717, 1.165) is 32.1 Å². The zero-order valence-electron chi connectivity index (χ0n) is 11.4. The summed E-state index contributed by atoms with van der Waals surface area (Å²) in [6.45, 7) is 9.38. The van der Waals surface area contributed by atoms with Crippen molar-refractivity contribution in [2.45, 2.75) is 52.1 Å². The van der Waals surface area contributed by atoms with Gasteiger partial charge in [0, 0.05) is 12.6 Å². The predicted octanol–water partition coefficient (Wildman–Crippen LogP) is 1.40. The third-order valence-electron chi connectivity index (χ3n) is 3.20. The summed E-state index contributed by atoms with van der Waals surface area (Å²) in [4.78, 5) is 14.2. The normalized spacial score (nSPS) is 17.2. The lowest BCUT2D eigenvalue weighted by Crippen LogP contribution is -2.41. The van der Waals surface area contributed by atoms with Crippen molar-refractivity contribution in [1.29, 1.82) is 0 Å². The van der Waals surface area contributed by atoms with Gasteiger partial charge in [0.05, 0.1) is 6.61 Å². The summed E-state index contributed by atoms with van der Waals surface area (Å²) in [7, 11) is 0. The van der Waals surface area contributed by atoms with Crippen LogP contribution in [0.1, 0.15) is 40.0 Å². The molecule has 0 bridgehead atoms. The number of nitrogens with one attached hydrogen (secondary N) is 1. The molecule has 1 atom stereocenters. The Labute approximate surface area is 105 Å². The van der Waals surface area contributed by atoms with Crippen molar-refractivity contribution in [3.8, 4) is 0 Å². The molecule has 4 nitrogen and oxygen atoms in total. The maximum absolute atomic E-state index is 11.7. The van der Waals surface area contributed by atoms with Crippen molar-refractivity contribution in [3.05, 3.63) is 0 Å². The van der Waals surface area contributed by atoms with Crippen molar-refractivity contribution in [3.63, 3.8) is 0 Å². The highest BCUT2D eigenvalue weighted by Crippen LogP contribution is 2.26. The molecule has 1 rings (SSSR count). The number of ether oxygens (including phenoxy) is 1. The molecular formula is C13H26N2O2. The van der Waals surface area contributed by atoms with E-state index in [0.29, 0.717) is 6.61 Å². The molecule has 0 aromatic heterocycles. The summed E-state index contributed by atoms with van der Waals surface area (Å²) in [6.07, 6.45) is 3.48. The van der Waals surface area contributed by atoms with Gasteiger partial charge < -0.3 is 15.0 Å². The average Bonchev–Trinajstić information content (AvgIpc) is 3.13. The standard InChI is InChI=1S/C13H26N2O2/c1-4-14-12(13(16)17-6-3)9-10-15(5-2)11-7-8-11/h11-12,14H,4-10H2,1-3H3. The first kappa shape index (κ1) is 14.5. The van der Waals surface area contributed by atoms with Gasteiger partial charge in [0.1, 0.15) is 6.04 Å². The molecule has 0 radical (unpaired) electrons. The van der Waals surface area contributed by atoms with Crippen LogP contribution >= 0.6 is 0 Å². The summed E-state index contributed by atoms with van der Waals surface area (Å²) in [5, 5.41) is 3.20. The molecule has 1 N–H and O–H groups in total. The Morgan fingerprint density at radius 3 is 2.59 bits per heavy atom. The molecule has 0 spiro atoms. The van der Waals surface area contributed by atoms with E-state index in [1.54, 1.807) is 0 Å². The third-order valence-corrected chi connectivity index (χ3v) is 3.20. The zero-order chi connectivity index (χ0) is 12.7. The van der Waals surface area contributed by atoms with E-state index < -0.39 is 0 Å². The van der Waals surface area contributed by atoms with Gasteiger partial charge in [0.15, 0.2) is 0 Å². The van der Waals surface area contributed by atoms with Crippen LogP contribution in [0.25, 0.3) is 0 Å². The molecular weight excluding hydrogens is 216 g/mol. The van der Waals surface area contributed by atoms with E-state index in [4.69, 9.17) is 4.74 Å². The quantitative estimate of drug-likeness (QED) is 0.621. The van der Waals surface area contributed by atoms with Crippen molar-refractivity contribution < 1.29 is 9.53 Å². The van der Waals surface area contributed by atoms with Gasteiger partial charge in [-0.2, -0.15) is 0 Å². The molecule has 100 valence electrons. The number of likely N-dealkylation sites (N-methyl/N-ethyl adjacent to an activating group) is 1. The highest BCUT2D eigenvalue weighted by atomic mass is 16.5. The molecule has 1 fully saturated rings. The molecule has 4 heteroatoms. The summed E-state index contributed by atoms with van der Waals surface area (Å²) in [5.41, 5.74) is 0. The molecule has 0 aliphatic heterocycles. The van der Waals surface area contributed by atoms with E-state index in [9.17, 15) is 4.79 Å². The number of carbonyl (C=O) groups excluding carboxylic acids is 1. The number of rotatable bonds is 9. The summed E-state index contributed by atoms with van der Waals surface area (Å²) < 4.78 is 5.08. The topological polar surface area (TPSA) is 41.6 Å². The van der Waals surface area contributed by atoms with E-state index in [-0.39, 0.29) is 12.0 Å². The first-order valence-electron chi connectivity index (χ1n) is 6.86. The molecule has 0 amide bonds. The van der Waals surface area contributed by atoms with E-state index in [2.05, 4.69) is 17.1 Å². The Kier molecular flexibility index (Phi) is 6.52. The van der Waals surface area contributed by atoms with Gasteiger partial charge in [0.2, 0.25) is 0 Å². The zero-order valence-corrected chi connectivity index (χ0v) is 11.4. The lowest BCUT2D eigenvalue weighted by atomic mass is 10.2. The van der Waals surface area contributed by atoms with Crippen molar-refractivity contribution in [1.82, 2.24) is 10.2 Å². The first-order chi connectivity index (χ1) is 8.22. The highest BCUT2D eigenvalue weighted by molar-refractivity contribution is 5.75. The fraction of sp³-hybridized carbons (Fsp3) is 0.923. The number of hydrogen-bond donors (Lipinski definition) is 1. The largest absolute Gasteiger partial charge is 0.465 e. The van der Waals surface area contributed by atoms with Crippen LogP contribution in [0.4, 0.5) is 0 Å². The fourth-order valence-corrected chi connectivity index (χ4v) is 2.13. The van der Waals surface area contributed by atoms with Crippen LogP contribution in [0.15, 0.2) is 0 Å². The molecule has 0 aromatic rings. The van der Waals surface area contributed by atoms with Gasteiger partial charge in [0.25, 0.3) is 0 Å². The lowest BCUT2D eigenvalue weighted by molar-refractivity contribution is -0.145. The maximum Gasteiger partial charge on any atom is 0.323 e. The minimum absolute atomic E-state index is 0.110. The smallest absolute Gasteiger partial charge is 0.323 e. The Balaban J connectivity index is 2.33. The summed E-state index contributed by atoms with van der Waals surface area (Å²) in [5.74, 6) is -0.110. The molecule has 1 unspecified atom stereocenters. The van der Waals surface area contributed by atoms with Crippen LogP contribution in [-0.2, 0) is 9.53 Å². The third kappa shape index (κ3) is 5.04. The summed E-state index contributed by atoms with van der Waals surface area (Å²) in [6, 6.07) is 0.622. The second-order valence-electron chi connectivity index (χ2n) is 4.51. The second-order valence-corrected chi connectivity index (χ2v) is 4.51. The molecule has 17 heavy (non-hydrogen) atoms. The minimum Gasteiger partial charge on any atom is -0.465 e. The molecule has 1 aliphatic carbocycles. The maximum atomic E-state index is 11.7. The van der Waals surface area contributed by atoms with Crippen LogP contribution in [0, 0.1) is 0 Å². The first-order valence-corrected chi connectivity index (χ1v) is 6.86. The van der Waals surface area contributed by atoms with E-state index >= 15 is 0 Å². The lowest BCUT2D eigenvalue weighted by Gasteiger charge is -2.23. The van der Waals surface area contributed by atoms with Crippen LogP contribution in [-0.4, -0.2) is 49.2 Å². The van der Waals surface area contributed by atoms with Crippen LogP contribution in [0.5, 0.6) is 0 Å². The van der Waals surface area contributed by atoms with Gasteiger partial charge in [-0.25, -0.2) is 0 Å². The fourth-order valence-electron chi connectivity index (χ4n) is 2.13. The Morgan fingerprint density at radius 2 is 2.12 bits per heavy atom. The monoisotopic (exact) mass is 242 g/mol. The Morgan fingerprint density at radius 1 is 1.41 bits per heavy atom. The van der Waals surface area contributed by atoms with Gasteiger partial charge in [-0.15, -0.1) is 0 Å². The molecule has 0 saturated heterocycles. The number of carbonyl (C=O) groups is 1. The number of esters is 1. The van der Waals surface area contributed by atoms with Crippen LogP contribution < -0.4 is 5.32 Å². The predicted molar refractivity (Wildman–Crippen MR) is 69.0 cm³/mol. The highest BCUT2D eigenvalue weighted by Gasteiger charge is 2.29. The summed E-state index contributed by atoms with van der Waals surface area (Å²) >= 11 is 0. The Hall–Kier alpha value is -0.610. The Bertz CT molecular complexity index is 229. The van der Waals surface area contributed by atoms with E-state index in [1.165, 1.54) is 12.8 Å². The number of nitrogens with zero attached hydrogens (tertiary/aromatic N) is 1. The van der Waals surface area contributed by atoms with Crippen LogP contribution in [0.2, 0.25) is 0 Å². The van der Waals surface area contributed by atoms with E-state index in [1.807, 2.05) is 13.8 Å². The van der Waals surface area contributed by atoms with Crippen molar-refractivity contribution in [2.75, 3.05) is 26.2 Å². The molecule has 0 aromatic carbocycles. The second kappa shape index (κ2) is 7.67. The van der Waals surface area contributed by atoms with Gasteiger partial charge >= 0.3 is 5.97 Å². The van der Waals surface area contributed by atoms with Gasteiger partial charge in [-0.1, -0.05) is 13.8 Å². The minimum atomic E-state index is -0.146. The van der Waals surface area contributed by atoms with Crippen LogP contribution in [0.3, 0.4) is 0 Å². The molecule has 1 aliphatic rings. The SMILES string of the molecule is CCNC(CCN(CC)C1CC1)C(=O)OCC. The molecule has 1 saturated carbocycles. The number of hydrogen-bond acceptors (Lipinski definition) is 4.